The molecule has 0 unspecified atom stereocenters. The van der Waals surface area contributed by atoms with E-state index in [0.717, 1.165) is 14.2 Å². The van der Waals surface area contributed by atoms with Gasteiger partial charge in [0.15, 0.2) is 11.7 Å². The lowest BCUT2D eigenvalue weighted by Crippen LogP contribution is -2.22. The average Bonchev–Trinajstić information content (AvgIpc) is 3.21. The number of hydrogen-bond acceptors (Lipinski definition) is 4. The van der Waals surface area contributed by atoms with E-state index >= 15 is 0 Å². The normalized spacial score (nSPS) is 10.8. The zero-order chi connectivity index (χ0) is 16.9. The summed E-state index contributed by atoms with van der Waals surface area (Å²) in [6, 6.07) is 9.92. The summed E-state index contributed by atoms with van der Waals surface area (Å²) in [5, 5.41) is 2.87. The number of rotatable bonds is 6. The number of nitrogens with one attached hydrogen (secondary N) is 1. The number of amides is 1. The molecule has 1 amide bonds. The predicted molar refractivity (Wildman–Crippen MR) is 94.1 cm³/mol. The van der Waals surface area contributed by atoms with Gasteiger partial charge in [-0.2, -0.15) is 0 Å². The molecule has 1 aromatic carbocycles. The number of oxazole rings is 1. The number of nitrogens with zero attached hydrogens (tertiary/aromatic N) is 1. The quantitative estimate of drug-likeness (QED) is 0.650. The number of halogens is 2. The van der Waals surface area contributed by atoms with Gasteiger partial charge in [0.05, 0.1) is 16.5 Å². The molecule has 0 aliphatic rings. The zero-order valence-corrected chi connectivity index (χ0v) is 15.0. The Morgan fingerprint density at radius 2 is 2.04 bits per heavy atom. The molecule has 3 aromatic rings. The standard InChI is InChI=1S/C17H14BrFN2O2S/c18-15-6-5-13(24-15)9-20-16(22)7-8-17-21-10-14(23-17)11-1-3-12(19)4-2-11/h1-6,10H,7-9H2,(H,20,22). The molecule has 0 aliphatic carbocycles. The number of aryl methyl sites for hydroxylation is 1. The molecule has 4 nitrogen and oxygen atoms in total. The Morgan fingerprint density at radius 1 is 1.25 bits per heavy atom. The van der Waals surface area contributed by atoms with E-state index in [2.05, 4.69) is 26.2 Å². The van der Waals surface area contributed by atoms with Crippen molar-refractivity contribution in [1.82, 2.24) is 10.3 Å². The van der Waals surface area contributed by atoms with Gasteiger partial charge >= 0.3 is 0 Å². The maximum absolute atomic E-state index is 12.9. The Bertz CT molecular complexity index is 829. The van der Waals surface area contributed by atoms with E-state index in [4.69, 9.17) is 4.42 Å². The molecule has 0 saturated heterocycles. The van der Waals surface area contributed by atoms with Crippen molar-refractivity contribution in [3.8, 4) is 11.3 Å². The lowest BCUT2D eigenvalue weighted by molar-refractivity contribution is -0.121. The van der Waals surface area contributed by atoms with Gasteiger partial charge in [0, 0.05) is 23.3 Å². The molecule has 3 rings (SSSR count). The number of carbonyl (C=O) groups excluding carboxylic acids is 1. The van der Waals surface area contributed by atoms with Crippen LogP contribution in [0.4, 0.5) is 4.39 Å². The smallest absolute Gasteiger partial charge is 0.220 e. The van der Waals surface area contributed by atoms with Crippen molar-refractivity contribution in [2.24, 2.45) is 0 Å². The Balaban J connectivity index is 1.49. The molecule has 0 fully saturated rings. The largest absolute Gasteiger partial charge is 0.441 e. The fourth-order valence-electron chi connectivity index (χ4n) is 2.11. The fourth-order valence-corrected chi connectivity index (χ4v) is 3.54. The van der Waals surface area contributed by atoms with Crippen molar-refractivity contribution >= 4 is 33.2 Å². The first-order valence-electron chi connectivity index (χ1n) is 7.32. The maximum atomic E-state index is 12.9. The second kappa shape index (κ2) is 7.72. The van der Waals surface area contributed by atoms with Crippen LogP contribution in [0.3, 0.4) is 0 Å². The van der Waals surface area contributed by atoms with Crippen LogP contribution in [-0.2, 0) is 17.8 Å². The van der Waals surface area contributed by atoms with Crippen molar-refractivity contribution in [1.29, 1.82) is 0 Å². The number of hydrogen-bond donors (Lipinski definition) is 1. The molecule has 2 heterocycles. The molecular formula is C17H14BrFN2O2S. The van der Waals surface area contributed by atoms with Gasteiger partial charge in [-0.15, -0.1) is 11.3 Å². The Morgan fingerprint density at radius 3 is 2.75 bits per heavy atom. The molecule has 7 heteroatoms. The molecule has 0 saturated carbocycles. The molecule has 0 radical (unpaired) electrons. The summed E-state index contributed by atoms with van der Waals surface area (Å²) in [4.78, 5) is 17.1. The zero-order valence-electron chi connectivity index (χ0n) is 12.6. The van der Waals surface area contributed by atoms with Gasteiger partial charge in [0.2, 0.25) is 5.91 Å². The molecule has 124 valence electrons. The van der Waals surface area contributed by atoms with Gasteiger partial charge in [-0.25, -0.2) is 9.37 Å². The van der Waals surface area contributed by atoms with Crippen LogP contribution >= 0.6 is 27.3 Å². The third-order valence-corrected chi connectivity index (χ3v) is 4.96. The van der Waals surface area contributed by atoms with Crippen LogP contribution in [0, 0.1) is 5.82 Å². The SMILES string of the molecule is O=C(CCc1ncc(-c2ccc(F)cc2)o1)NCc1ccc(Br)s1. The van der Waals surface area contributed by atoms with E-state index in [1.807, 2.05) is 12.1 Å². The highest BCUT2D eigenvalue weighted by atomic mass is 79.9. The van der Waals surface area contributed by atoms with E-state index in [-0.39, 0.29) is 11.7 Å². The lowest BCUT2D eigenvalue weighted by Gasteiger charge is -2.02. The molecule has 0 bridgehead atoms. The average molecular weight is 409 g/mol. The Labute approximate surface area is 150 Å². The summed E-state index contributed by atoms with van der Waals surface area (Å²) in [5.41, 5.74) is 0.753. The van der Waals surface area contributed by atoms with Crippen molar-refractivity contribution < 1.29 is 13.6 Å². The van der Waals surface area contributed by atoms with E-state index < -0.39 is 0 Å². The van der Waals surface area contributed by atoms with Crippen LogP contribution in [0.1, 0.15) is 17.2 Å². The highest BCUT2D eigenvalue weighted by Crippen LogP contribution is 2.22. The summed E-state index contributed by atoms with van der Waals surface area (Å²) < 4.78 is 19.6. The van der Waals surface area contributed by atoms with Crippen LogP contribution < -0.4 is 5.32 Å². The van der Waals surface area contributed by atoms with Crippen molar-refractivity contribution in [3.05, 3.63) is 63.0 Å². The van der Waals surface area contributed by atoms with E-state index in [9.17, 15) is 9.18 Å². The topological polar surface area (TPSA) is 55.1 Å². The fraction of sp³-hybridized carbons (Fsp3) is 0.176. The second-order valence-corrected chi connectivity index (χ2v) is 7.66. The number of thiophene rings is 1. The Kier molecular flexibility index (Phi) is 5.42. The molecule has 0 atom stereocenters. The number of carbonyl (C=O) groups is 1. The van der Waals surface area contributed by atoms with E-state index in [1.54, 1.807) is 29.7 Å². The van der Waals surface area contributed by atoms with Gasteiger partial charge in [0.25, 0.3) is 0 Å². The first kappa shape index (κ1) is 16.9. The van der Waals surface area contributed by atoms with Crippen molar-refractivity contribution in [2.45, 2.75) is 19.4 Å². The third kappa shape index (κ3) is 4.52. The predicted octanol–water partition coefficient (Wildman–Crippen LogP) is 4.55. The van der Waals surface area contributed by atoms with Gasteiger partial charge in [-0.05, 0) is 52.3 Å². The highest BCUT2D eigenvalue weighted by Gasteiger charge is 2.09. The van der Waals surface area contributed by atoms with Gasteiger partial charge in [-0.3, -0.25) is 4.79 Å². The van der Waals surface area contributed by atoms with E-state index in [0.29, 0.717) is 31.0 Å². The molecular weight excluding hydrogens is 395 g/mol. The summed E-state index contributed by atoms with van der Waals surface area (Å²) in [6.07, 6.45) is 2.31. The molecule has 0 spiro atoms. The van der Waals surface area contributed by atoms with Crippen LogP contribution in [0.25, 0.3) is 11.3 Å². The minimum absolute atomic E-state index is 0.0546. The first-order chi connectivity index (χ1) is 11.6. The van der Waals surface area contributed by atoms with Crippen LogP contribution in [0.15, 0.2) is 50.8 Å². The molecule has 0 aliphatic heterocycles. The van der Waals surface area contributed by atoms with E-state index in [1.165, 1.54) is 12.1 Å². The van der Waals surface area contributed by atoms with Gasteiger partial charge < -0.3 is 9.73 Å². The number of benzene rings is 1. The summed E-state index contributed by atoms with van der Waals surface area (Å²) in [5.74, 6) is 0.700. The third-order valence-electron chi connectivity index (χ3n) is 3.34. The van der Waals surface area contributed by atoms with Crippen LogP contribution in [-0.4, -0.2) is 10.9 Å². The minimum Gasteiger partial charge on any atom is -0.441 e. The minimum atomic E-state index is -0.298. The molecule has 1 N–H and O–H groups in total. The first-order valence-corrected chi connectivity index (χ1v) is 8.92. The van der Waals surface area contributed by atoms with Crippen LogP contribution in [0.5, 0.6) is 0 Å². The lowest BCUT2D eigenvalue weighted by atomic mass is 10.2. The molecule has 24 heavy (non-hydrogen) atoms. The van der Waals surface area contributed by atoms with Crippen molar-refractivity contribution in [2.75, 3.05) is 0 Å². The summed E-state index contributed by atoms with van der Waals surface area (Å²) in [6.45, 7) is 0.515. The summed E-state index contributed by atoms with van der Waals surface area (Å²) in [7, 11) is 0. The monoisotopic (exact) mass is 408 g/mol. The molecule has 2 aromatic heterocycles. The van der Waals surface area contributed by atoms with Gasteiger partial charge in [-0.1, -0.05) is 0 Å². The van der Waals surface area contributed by atoms with Crippen LogP contribution in [0.2, 0.25) is 0 Å². The second-order valence-electron chi connectivity index (χ2n) is 5.11. The van der Waals surface area contributed by atoms with Gasteiger partial charge in [0.1, 0.15) is 5.82 Å². The van der Waals surface area contributed by atoms with Crippen molar-refractivity contribution in [3.63, 3.8) is 0 Å². The Hall–Kier alpha value is -1.99. The maximum Gasteiger partial charge on any atom is 0.220 e. The summed E-state index contributed by atoms with van der Waals surface area (Å²) >= 11 is 4.98. The number of aromatic nitrogens is 1. The highest BCUT2D eigenvalue weighted by molar-refractivity contribution is 9.11.